The van der Waals surface area contributed by atoms with Crippen LogP contribution in [-0.2, 0) is 22.6 Å². The summed E-state index contributed by atoms with van der Waals surface area (Å²) in [6.45, 7) is 8.06. The first-order chi connectivity index (χ1) is 12.4. The molecule has 0 saturated heterocycles. The summed E-state index contributed by atoms with van der Waals surface area (Å²) in [4.78, 5) is 27.1. The van der Waals surface area contributed by atoms with Crippen molar-refractivity contribution in [3.63, 3.8) is 0 Å². The molecule has 0 spiro atoms. The van der Waals surface area contributed by atoms with Crippen molar-refractivity contribution in [2.75, 3.05) is 0 Å². The largest absolute Gasteiger partial charge is 0.352 e. The van der Waals surface area contributed by atoms with Gasteiger partial charge in [-0.3, -0.25) is 9.59 Å². The van der Waals surface area contributed by atoms with Gasteiger partial charge in [-0.25, -0.2) is 0 Å². The number of carbonyl (C=O) groups excluding carboxylic acids is 2. The molecule has 0 heterocycles. The molecule has 0 aliphatic carbocycles. The topological polar surface area (TPSA) is 49.4 Å². The second-order valence-corrected chi connectivity index (χ2v) is 7.01. The number of carbonyl (C=O) groups is 2. The van der Waals surface area contributed by atoms with Crippen molar-refractivity contribution in [2.45, 2.75) is 52.7 Å². The maximum absolute atomic E-state index is 13.0. The molecule has 0 aliphatic rings. The fraction of sp³-hybridized carbons (Fsp3) is 0.364. The average Bonchev–Trinajstić information content (AvgIpc) is 2.59. The third-order valence-electron chi connectivity index (χ3n) is 4.23. The normalized spacial score (nSPS) is 11.9. The molecule has 4 heteroatoms. The molecule has 0 saturated carbocycles. The van der Waals surface area contributed by atoms with E-state index in [4.69, 9.17) is 0 Å². The minimum absolute atomic E-state index is 0.0370. The van der Waals surface area contributed by atoms with E-state index in [1.807, 2.05) is 69.3 Å². The van der Waals surface area contributed by atoms with Gasteiger partial charge in [-0.2, -0.15) is 0 Å². The Balaban J connectivity index is 2.22. The minimum atomic E-state index is -0.533. The second-order valence-electron chi connectivity index (χ2n) is 7.01. The highest BCUT2D eigenvalue weighted by atomic mass is 16.2. The van der Waals surface area contributed by atoms with Crippen LogP contribution in [-0.4, -0.2) is 28.8 Å². The number of aryl methyl sites for hydroxylation is 1. The van der Waals surface area contributed by atoms with Crippen molar-refractivity contribution in [2.24, 2.45) is 0 Å². The fourth-order valence-electron chi connectivity index (χ4n) is 2.87. The molecule has 2 aromatic carbocycles. The predicted octanol–water partition coefficient (Wildman–Crippen LogP) is 3.48. The number of nitrogens with one attached hydrogen (secondary N) is 1. The molecule has 0 aromatic heterocycles. The first-order valence-corrected chi connectivity index (χ1v) is 9.06. The van der Waals surface area contributed by atoms with E-state index in [1.54, 1.807) is 11.8 Å². The molecule has 2 rings (SSSR count). The third kappa shape index (κ3) is 5.73. The summed E-state index contributed by atoms with van der Waals surface area (Å²) in [6.07, 6.45) is 0.284. The highest BCUT2D eigenvalue weighted by Gasteiger charge is 2.26. The van der Waals surface area contributed by atoms with Crippen molar-refractivity contribution in [3.05, 3.63) is 71.3 Å². The Bertz CT molecular complexity index is 741. The number of nitrogens with zero attached hydrogens (tertiary/aromatic N) is 1. The van der Waals surface area contributed by atoms with Crippen LogP contribution in [0.4, 0.5) is 0 Å². The molecule has 138 valence electrons. The van der Waals surface area contributed by atoms with Gasteiger partial charge in [0, 0.05) is 12.6 Å². The molecular formula is C22H28N2O2. The van der Waals surface area contributed by atoms with Crippen LogP contribution in [0.25, 0.3) is 0 Å². The van der Waals surface area contributed by atoms with Gasteiger partial charge in [0.25, 0.3) is 0 Å². The van der Waals surface area contributed by atoms with Crippen LogP contribution in [0.5, 0.6) is 0 Å². The quantitative estimate of drug-likeness (QED) is 0.829. The number of hydrogen-bond acceptors (Lipinski definition) is 2. The Morgan fingerprint density at radius 1 is 0.962 bits per heavy atom. The first kappa shape index (κ1) is 19.7. The molecule has 2 amide bonds. The van der Waals surface area contributed by atoms with Crippen LogP contribution >= 0.6 is 0 Å². The Labute approximate surface area is 156 Å². The van der Waals surface area contributed by atoms with Crippen molar-refractivity contribution in [3.8, 4) is 0 Å². The zero-order valence-corrected chi connectivity index (χ0v) is 16.0. The Morgan fingerprint density at radius 2 is 1.62 bits per heavy atom. The van der Waals surface area contributed by atoms with E-state index in [1.165, 1.54) is 0 Å². The predicted molar refractivity (Wildman–Crippen MR) is 105 cm³/mol. The zero-order chi connectivity index (χ0) is 19.1. The summed E-state index contributed by atoms with van der Waals surface area (Å²) in [5.41, 5.74) is 3.11. The Kier molecular flexibility index (Phi) is 6.96. The van der Waals surface area contributed by atoms with Gasteiger partial charge in [0.1, 0.15) is 6.04 Å². The van der Waals surface area contributed by atoms with Crippen molar-refractivity contribution >= 4 is 11.8 Å². The van der Waals surface area contributed by atoms with Crippen LogP contribution in [0.3, 0.4) is 0 Å². The van der Waals surface area contributed by atoms with E-state index < -0.39 is 6.04 Å². The fourth-order valence-corrected chi connectivity index (χ4v) is 2.87. The summed E-state index contributed by atoms with van der Waals surface area (Å²) >= 11 is 0. The summed E-state index contributed by atoms with van der Waals surface area (Å²) in [5.74, 6) is -0.182. The summed E-state index contributed by atoms with van der Waals surface area (Å²) < 4.78 is 0. The number of rotatable bonds is 7. The standard InChI is InChI=1S/C22H28N2O2/c1-16(2)23-22(26)18(4)24(15-20-12-8-9-17(3)13-20)21(25)14-19-10-6-5-7-11-19/h5-13,16,18H,14-15H2,1-4H3,(H,23,26)/t18-/m1/s1. The molecule has 0 radical (unpaired) electrons. The smallest absolute Gasteiger partial charge is 0.242 e. The van der Waals surface area contributed by atoms with Crippen LogP contribution in [0, 0.1) is 6.92 Å². The maximum atomic E-state index is 13.0. The van der Waals surface area contributed by atoms with Gasteiger partial charge in [0.2, 0.25) is 11.8 Å². The van der Waals surface area contributed by atoms with Crippen LogP contribution in [0.1, 0.15) is 37.5 Å². The van der Waals surface area contributed by atoms with Crippen LogP contribution in [0.2, 0.25) is 0 Å². The van der Waals surface area contributed by atoms with Crippen LogP contribution < -0.4 is 5.32 Å². The van der Waals surface area contributed by atoms with Crippen molar-refractivity contribution < 1.29 is 9.59 Å². The van der Waals surface area contributed by atoms with E-state index in [2.05, 4.69) is 11.4 Å². The lowest BCUT2D eigenvalue weighted by molar-refractivity contribution is -0.140. The van der Waals surface area contributed by atoms with E-state index in [9.17, 15) is 9.59 Å². The van der Waals surface area contributed by atoms with E-state index in [-0.39, 0.29) is 24.3 Å². The number of hydrogen-bond donors (Lipinski definition) is 1. The molecule has 0 fully saturated rings. The van der Waals surface area contributed by atoms with Crippen molar-refractivity contribution in [1.82, 2.24) is 10.2 Å². The highest BCUT2D eigenvalue weighted by Crippen LogP contribution is 2.14. The molecule has 26 heavy (non-hydrogen) atoms. The minimum Gasteiger partial charge on any atom is -0.352 e. The molecule has 4 nitrogen and oxygen atoms in total. The van der Waals surface area contributed by atoms with Gasteiger partial charge in [-0.1, -0.05) is 60.2 Å². The highest BCUT2D eigenvalue weighted by molar-refractivity contribution is 5.88. The van der Waals surface area contributed by atoms with Gasteiger partial charge in [0.15, 0.2) is 0 Å². The summed E-state index contributed by atoms with van der Waals surface area (Å²) in [6, 6.07) is 17.2. The van der Waals surface area contributed by atoms with Gasteiger partial charge in [-0.05, 0) is 38.8 Å². The van der Waals surface area contributed by atoms with Gasteiger partial charge in [0.05, 0.1) is 6.42 Å². The van der Waals surface area contributed by atoms with Gasteiger partial charge < -0.3 is 10.2 Å². The lowest BCUT2D eigenvalue weighted by Crippen LogP contribution is -2.49. The second kappa shape index (κ2) is 9.18. The SMILES string of the molecule is Cc1cccc(CN(C(=O)Cc2ccccc2)[C@H](C)C(=O)NC(C)C)c1. The lowest BCUT2D eigenvalue weighted by atomic mass is 10.1. The molecule has 1 N–H and O–H groups in total. The zero-order valence-electron chi connectivity index (χ0n) is 16.0. The average molecular weight is 352 g/mol. The summed E-state index contributed by atoms with van der Waals surface area (Å²) in [5, 5.41) is 2.91. The molecule has 0 aliphatic heterocycles. The molecule has 0 unspecified atom stereocenters. The van der Waals surface area contributed by atoms with Crippen LogP contribution in [0.15, 0.2) is 54.6 Å². The van der Waals surface area contributed by atoms with E-state index in [0.717, 1.165) is 16.7 Å². The molecule has 2 aromatic rings. The molecule has 1 atom stereocenters. The lowest BCUT2D eigenvalue weighted by Gasteiger charge is -2.29. The molecular weight excluding hydrogens is 324 g/mol. The first-order valence-electron chi connectivity index (χ1n) is 9.06. The summed E-state index contributed by atoms with van der Waals surface area (Å²) in [7, 11) is 0. The maximum Gasteiger partial charge on any atom is 0.242 e. The number of amides is 2. The number of benzene rings is 2. The van der Waals surface area contributed by atoms with Crippen molar-refractivity contribution in [1.29, 1.82) is 0 Å². The van der Waals surface area contributed by atoms with Gasteiger partial charge in [-0.15, -0.1) is 0 Å². The Morgan fingerprint density at radius 3 is 2.23 bits per heavy atom. The van der Waals surface area contributed by atoms with Gasteiger partial charge >= 0.3 is 0 Å². The Hall–Kier alpha value is -2.62. The monoisotopic (exact) mass is 352 g/mol. The molecule has 0 bridgehead atoms. The third-order valence-corrected chi connectivity index (χ3v) is 4.23. The van der Waals surface area contributed by atoms with E-state index in [0.29, 0.717) is 6.54 Å². The van der Waals surface area contributed by atoms with E-state index >= 15 is 0 Å².